The Hall–Kier alpha value is -1.42. The molecule has 1 aromatic carbocycles. The van der Waals surface area contributed by atoms with Crippen LogP contribution in [0, 0.1) is 19.3 Å². The minimum absolute atomic E-state index is 0.129. The van der Waals surface area contributed by atoms with Gasteiger partial charge < -0.3 is 19.9 Å². The van der Waals surface area contributed by atoms with Crippen LogP contribution in [0.15, 0.2) is 6.07 Å². The Morgan fingerprint density at radius 1 is 1.16 bits per heavy atom. The van der Waals surface area contributed by atoms with Crippen LogP contribution < -0.4 is 14.8 Å². The Morgan fingerprint density at radius 2 is 1.79 bits per heavy atom. The average molecular weight is 267 g/mol. The third-order valence-corrected chi connectivity index (χ3v) is 3.40. The zero-order valence-electron chi connectivity index (χ0n) is 12.8. The van der Waals surface area contributed by atoms with E-state index in [2.05, 4.69) is 5.32 Å². The second kappa shape index (κ2) is 6.15. The fourth-order valence-corrected chi connectivity index (χ4v) is 1.86. The number of hydrogen-bond donors (Lipinski definition) is 2. The molecule has 0 aliphatic rings. The normalized spacial score (nSPS) is 11.3. The van der Waals surface area contributed by atoms with E-state index >= 15 is 0 Å². The molecule has 108 valence electrons. The van der Waals surface area contributed by atoms with E-state index in [4.69, 9.17) is 9.47 Å². The molecule has 0 atom stereocenters. The number of benzene rings is 1. The molecule has 0 bridgehead atoms. The summed E-state index contributed by atoms with van der Waals surface area (Å²) >= 11 is 0. The summed E-state index contributed by atoms with van der Waals surface area (Å²) in [6.45, 7) is 8.82. The predicted molar refractivity (Wildman–Crippen MR) is 78.4 cm³/mol. The molecule has 0 saturated heterocycles. The quantitative estimate of drug-likeness (QED) is 0.832. The predicted octanol–water partition coefficient (Wildman–Crippen LogP) is 2.75. The van der Waals surface area contributed by atoms with E-state index in [1.165, 1.54) is 0 Å². The summed E-state index contributed by atoms with van der Waals surface area (Å²) in [7, 11) is 3.33. The van der Waals surface area contributed by atoms with Crippen LogP contribution in [-0.4, -0.2) is 32.5 Å². The monoisotopic (exact) mass is 267 g/mol. The number of rotatable bonds is 6. The molecule has 4 heteroatoms. The molecular weight excluding hydrogens is 242 g/mol. The second-order valence-corrected chi connectivity index (χ2v) is 5.59. The van der Waals surface area contributed by atoms with Crippen molar-refractivity contribution in [3.8, 4) is 11.5 Å². The molecule has 4 nitrogen and oxygen atoms in total. The maximum Gasteiger partial charge on any atom is 0.145 e. The van der Waals surface area contributed by atoms with Gasteiger partial charge in [0.25, 0.3) is 0 Å². The molecule has 1 rings (SSSR count). The van der Waals surface area contributed by atoms with Gasteiger partial charge in [-0.25, -0.2) is 0 Å². The smallest absolute Gasteiger partial charge is 0.145 e. The number of aliphatic hydroxyl groups excluding tert-OH is 1. The van der Waals surface area contributed by atoms with Gasteiger partial charge in [-0.15, -0.1) is 0 Å². The lowest BCUT2D eigenvalue weighted by atomic mass is 9.94. The maximum absolute atomic E-state index is 9.30. The van der Waals surface area contributed by atoms with E-state index in [9.17, 15) is 5.11 Å². The molecule has 0 spiro atoms. The first-order chi connectivity index (χ1) is 8.86. The van der Waals surface area contributed by atoms with Crippen LogP contribution >= 0.6 is 0 Å². The fraction of sp³-hybridized carbons (Fsp3) is 0.600. The molecule has 0 unspecified atom stereocenters. The van der Waals surface area contributed by atoms with E-state index in [1.54, 1.807) is 14.2 Å². The first kappa shape index (κ1) is 15.6. The summed E-state index contributed by atoms with van der Waals surface area (Å²) in [6, 6.07) is 1.94. The van der Waals surface area contributed by atoms with E-state index in [-0.39, 0.29) is 12.0 Å². The van der Waals surface area contributed by atoms with Crippen molar-refractivity contribution in [3.05, 3.63) is 17.2 Å². The van der Waals surface area contributed by atoms with Gasteiger partial charge in [-0.2, -0.15) is 0 Å². The van der Waals surface area contributed by atoms with Crippen LogP contribution in [-0.2, 0) is 0 Å². The van der Waals surface area contributed by atoms with Crippen molar-refractivity contribution in [3.63, 3.8) is 0 Å². The summed E-state index contributed by atoms with van der Waals surface area (Å²) < 4.78 is 10.9. The van der Waals surface area contributed by atoms with Crippen LogP contribution in [0.1, 0.15) is 25.0 Å². The molecule has 1 aromatic rings. The van der Waals surface area contributed by atoms with Crippen molar-refractivity contribution in [2.45, 2.75) is 27.7 Å². The number of nitrogens with one attached hydrogen (secondary N) is 1. The standard InChI is InChI=1S/C15H25NO3/c1-10-11(2)14(19-6)12(7-13(10)18-5)16-8-15(3,4)9-17/h7,16-17H,8-9H2,1-6H3. The Labute approximate surface area is 115 Å². The zero-order chi connectivity index (χ0) is 14.6. The summed E-state index contributed by atoms with van der Waals surface area (Å²) in [4.78, 5) is 0. The van der Waals surface area contributed by atoms with E-state index in [0.717, 1.165) is 28.3 Å². The molecule has 0 radical (unpaired) electrons. The van der Waals surface area contributed by atoms with Crippen molar-refractivity contribution in [1.29, 1.82) is 0 Å². The van der Waals surface area contributed by atoms with Crippen LogP contribution in [0.5, 0.6) is 11.5 Å². The lowest BCUT2D eigenvalue weighted by Crippen LogP contribution is -2.27. The number of hydrogen-bond acceptors (Lipinski definition) is 4. The average Bonchev–Trinajstić information content (AvgIpc) is 2.40. The van der Waals surface area contributed by atoms with Gasteiger partial charge in [-0.05, 0) is 25.0 Å². The van der Waals surface area contributed by atoms with Gasteiger partial charge in [-0.3, -0.25) is 0 Å². The lowest BCUT2D eigenvalue weighted by molar-refractivity contribution is 0.170. The van der Waals surface area contributed by atoms with Gasteiger partial charge in [0.15, 0.2) is 0 Å². The molecule has 19 heavy (non-hydrogen) atoms. The lowest BCUT2D eigenvalue weighted by Gasteiger charge is -2.24. The molecule has 0 fully saturated rings. The van der Waals surface area contributed by atoms with Crippen LogP contribution in [0.4, 0.5) is 5.69 Å². The zero-order valence-corrected chi connectivity index (χ0v) is 12.8. The van der Waals surface area contributed by atoms with Gasteiger partial charge in [0.1, 0.15) is 11.5 Å². The highest BCUT2D eigenvalue weighted by atomic mass is 16.5. The van der Waals surface area contributed by atoms with Gasteiger partial charge in [0.05, 0.1) is 19.9 Å². The molecule has 0 aromatic heterocycles. The van der Waals surface area contributed by atoms with Gasteiger partial charge >= 0.3 is 0 Å². The van der Waals surface area contributed by atoms with Crippen molar-refractivity contribution in [1.82, 2.24) is 0 Å². The molecule has 0 amide bonds. The third-order valence-electron chi connectivity index (χ3n) is 3.40. The summed E-state index contributed by atoms with van der Waals surface area (Å²) in [5.41, 5.74) is 2.85. The number of anilines is 1. The number of ether oxygens (including phenoxy) is 2. The van der Waals surface area contributed by atoms with Crippen molar-refractivity contribution in [2.75, 3.05) is 32.7 Å². The maximum atomic E-state index is 9.30. The topological polar surface area (TPSA) is 50.7 Å². The molecule has 0 aliphatic heterocycles. The summed E-state index contributed by atoms with van der Waals surface area (Å²) in [5, 5.41) is 12.6. The fourth-order valence-electron chi connectivity index (χ4n) is 1.86. The molecular formula is C15H25NO3. The Kier molecular flexibility index (Phi) is 5.06. The Balaban J connectivity index is 3.09. The molecule has 0 aliphatic carbocycles. The van der Waals surface area contributed by atoms with Gasteiger partial charge in [-0.1, -0.05) is 13.8 Å². The minimum Gasteiger partial charge on any atom is -0.496 e. The summed E-state index contributed by atoms with van der Waals surface area (Å²) in [5.74, 6) is 1.66. The van der Waals surface area contributed by atoms with Crippen LogP contribution in [0.2, 0.25) is 0 Å². The first-order valence-electron chi connectivity index (χ1n) is 6.43. The summed E-state index contributed by atoms with van der Waals surface area (Å²) in [6.07, 6.45) is 0. The van der Waals surface area contributed by atoms with Gasteiger partial charge in [0, 0.05) is 24.6 Å². The third kappa shape index (κ3) is 3.53. The minimum atomic E-state index is -0.183. The molecule has 0 saturated carbocycles. The van der Waals surface area contributed by atoms with Crippen LogP contribution in [0.25, 0.3) is 0 Å². The highest BCUT2D eigenvalue weighted by molar-refractivity contribution is 5.66. The Morgan fingerprint density at radius 3 is 2.26 bits per heavy atom. The Bertz CT molecular complexity index is 442. The van der Waals surface area contributed by atoms with Crippen molar-refractivity contribution >= 4 is 5.69 Å². The largest absolute Gasteiger partial charge is 0.496 e. The van der Waals surface area contributed by atoms with E-state index in [0.29, 0.717) is 6.54 Å². The highest BCUT2D eigenvalue weighted by Gasteiger charge is 2.19. The number of methoxy groups -OCH3 is 2. The van der Waals surface area contributed by atoms with Crippen molar-refractivity contribution in [2.24, 2.45) is 5.41 Å². The second-order valence-electron chi connectivity index (χ2n) is 5.59. The van der Waals surface area contributed by atoms with Gasteiger partial charge in [0.2, 0.25) is 0 Å². The first-order valence-corrected chi connectivity index (χ1v) is 6.43. The number of aliphatic hydroxyl groups is 1. The van der Waals surface area contributed by atoms with Crippen LogP contribution in [0.3, 0.4) is 0 Å². The molecule has 0 heterocycles. The van der Waals surface area contributed by atoms with E-state index in [1.807, 2.05) is 33.8 Å². The van der Waals surface area contributed by atoms with Crippen molar-refractivity contribution < 1.29 is 14.6 Å². The highest BCUT2D eigenvalue weighted by Crippen LogP contribution is 2.37. The SMILES string of the molecule is COc1cc(NCC(C)(C)CO)c(OC)c(C)c1C. The van der Waals surface area contributed by atoms with E-state index < -0.39 is 0 Å². The molecule has 2 N–H and O–H groups in total.